The highest BCUT2D eigenvalue weighted by molar-refractivity contribution is 7.09. The fraction of sp³-hybridized carbons (Fsp3) is 0.615. The Morgan fingerprint density at radius 1 is 1.30 bits per heavy atom. The summed E-state index contributed by atoms with van der Waals surface area (Å²) in [4.78, 5) is 26.5. The summed E-state index contributed by atoms with van der Waals surface area (Å²) in [5.74, 6) is -0.547. The molecule has 1 heterocycles. The molecule has 3 N–H and O–H groups in total. The highest BCUT2D eigenvalue weighted by Gasteiger charge is 2.17. The molecule has 6 nitrogen and oxygen atoms in total. The second-order valence-corrected chi connectivity index (χ2v) is 6.14. The smallest absolute Gasteiger partial charge is 0.355 e. The zero-order valence-electron chi connectivity index (χ0n) is 12.1. The molecule has 0 saturated heterocycles. The SMILES string of the molecule is CC(C)CC(C)NC(=O)NC(C)c1nc(C(=O)O)cs1. The van der Waals surface area contributed by atoms with Crippen LogP contribution in [0.2, 0.25) is 0 Å². The van der Waals surface area contributed by atoms with Crippen LogP contribution in [0.4, 0.5) is 4.79 Å². The van der Waals surface area contributed by atoms with E-state index in [2.05, 4.69) is 29.5 Å². The summed E-state index contributed by atoms with van der Waals surface area (Å²) < 4.78 is 0. The second-order valence-electron chi connectivity index (χ2n) is 5.25. The number of carbonyl (C=O) groups is 2. The fourth-order valence-electron chi connectivity index (χ4n) is 1.87. The van der Waals surface area contributed by atoms with Gasteiger partial charge < -0.3 is 15.7 Å². The highest BCUT2D eigenvalue weighted by atomic mass is 32.1. The number of urea groups is 1. The number of hydrogen-bond donors (Lipinski definition) is 3. The van der Waals surface area contributed by atoms with Crippen molar-refractivity contribution in [2.24, 2.45) is 5.92 Å². The van der Waals surface area contributed by atoms with Gasteiger partial charge in [0.2, 0.25) is 0 Å². The Morgan fingerprint density at radius 2 is 1.95 bits per heavy atom. The van der Waals surface area contributed by atoms with Crippen molar-refractivity contribution in [2.75, 3.05) is 0 Å². The number of carboxylic acid groups (broad SMARTS) is 1. The number of rotatable bonds is 6. The molecule has 1 rings (SSSR count). The molecule has 0 aliphatic rings. The molecule has 0 aliphatic carbocycles. The van der Waals surface area contributed by atoms with Gasteiger partial charge >= 0.3 is 12.0 Å². The normalized spacial score (nSPS) is 13.8. The molecule has 0 radical (unpaired) electrons. The standard InChI is InChI=1S/C13H21N3O3S/c1-7(2)5-8(3)14-13(19)15-9(4)11-16-10(6-20-11)12(17)18/h6-9H,5H2,1-4H3,(H,17,18)(H2,14,15,19). The second kappa shape index (κ2) is 7.23. The lowest BCUT2D eigenvalue weighted by molar-refractivity contribution is 0.0691. The van der Waals surface area contributed by atoms with E-state index in [1.54, 1.807) is 6.92 Å². The summed E-state index contributed by atoms with van der Waals surface area (Å²) in [6.07, 6.45) is 0.905. The minimum absolute atomic E-state index is 0.00670. The maximum absolute atomic E-state index is 11.8. The Bertz CT molecular complexity index is 473. The molecule has 112 valence electrons. The van der Waals surface area contributed by atoms with Gasteiger partial charge in [0.1, 0.15) is 5.01 Å². The number of hydrogen-bond acceptors (Lipinski definition) is 4. The third kappa shape index (κ3) is 5.16. The van der Waals surface area contributed by atoms with Crippen LogP contribution in [0.5, 0.6) is 0 Å². The topological polar surface area (TPSA) is 91.3 Å². The molecule has 1 aromatic heterocycles. The van der Waals surface area contributed by atoms with E-state index in [9.17, 15) is 9.59 Å². The molecular weight excluding hydrogens is 278 g/mol. The van der Waals surface area contributed by atoms with E-state index in [0.29, 0.717) is 10.9 Å². The van der Waals surface area contributed by atoms with E-state index < -0.39 is 5.97 Å². The predicted octanol–water partition coefficient (Wildman–Crippen LogP) is 2.64. The van der Waals surface area contributed by atoms with Crippen molar-refractivity contribution >= 4 is 23.3 Å². The van der Waals surface area contributed by atoms with E-state index in [4.69, 9.17) is 5.11 Å². The van der Waals surface area contributed by atoms with Crippen LogP contribution < -0.4 is 10.6 Å². The van der Waals surface area contributed by atoms with Gasteiger partial charge in [-0.15, -0.1) is 11.3 Å². The first kappa shape index (κ1) is 16.4. The van der Waals surface area contributed by atoms with Crippen molar-refractivity contribution in [1.29, 1.82) is 0 Å². The van der Waals surface area contributed by atoms with E-state index in [1.165, 1.54) is 16.7 Å². The van der Waals surface area contributed by atoms with Crippen LogP contribution in [0.1, 0.15) is 55.7 Å². The maximum atomic E-state index is 11.8. The lowest BCUT2D eigenvalue weighted by Crippen LogP contribution is -2.42. The maximum Gasteiger partial charge on any atom is 0.355 e. The fourth-order valence-corrected chi connectivity index (χ4v) is 2.67. The van der Waals surface area contributed by atoms with Crippen LogP contribution in [0.15, 0.2) is 5.38 Å². The molecule has 7 heteroatoms. The molecule has 1 aromatic rings. The number of aromatic carboxylic acids is 1. The van der Waals surface area contributed by atoms with Gasteiger partial charge in [-0.25, -0.2) is 14.6 Å². The highest BCUT2D eigenvalue weighted by Crippen LogP contribution is 2.17. The minimum atomic E-state index is -1.06. The molecule has 0 fully saturated rings. The molecule has 0 saturated carbocycles. The van der Waals surface area contributed by atoms with Crippen molar-refractivity contribution < 1.29 is 14.7 Å². The molecule has 2 atom stereocenters. The first-order chi connectivity index (χ1) is 9.29. The zero-order chi connectivity index (χ0) is 15.3. The Balaban J connectivity index is 2.50. The van der Waals surface area contributed by atoms with Gasteiger partial charge in [0.15, 0.2) is 5.69 Å². The van der Waals surface area contributed by atoms with Crippen LogP contribution >= 0.6 is 11.3 Å². The monoisotopic (exact) mass is 299 g/mol. The average molecular weight is 299 g/mol. The first-order valence-electron chi connectivity index (χ1n) is 6.55. The van der Waals surface area contributed by atoms with Crippen LogP contribution in [0.3, 0.4) is 0 Å². The van der Waals surface area contributed by atoms with Crippen LogP contribution in [0.25, 0.3) is 0 Å². The summed E-state index contributed by atoms with van der Waals surface area (Å²) in [5, 5.41) is 16.5. The van der Waals surface area contributed by atoms with E-state index in [-0.39, 0.29) is 23.8 Å². The van der Waals surface area contributed by atoms with Gasteiger partial charge in [0.25, 0.3) is 0 Å². The Labute approximate surface area is 122 Å². The largest absolute Gasteiger partial charge is 0.476 e. The molecule has 20 heavy (non-hydrogen) atoms. The molecule has 0 aliphatic heterocycles. The number of aromatic nitrogens is 1. The quantitative estimate of drug-likeness (QED) is 0.753. The minimum Gasteiger partial charge on any atom is -0.476 e. The number of carboxylic acids is 1. The molecule has 2 unspecified atom stereocenters. The summed E-state index contributed by atoms with van der Waals surface area (Å²) in [7, 11) is 0. The van der Waals surface area contributed by atoms with E-state index in [1.807, 2.05) is 6.92 Å². The van der Waals surface area contributed by atoms with Gasteiger partial charge in [-0.2, -0.15) is 0 Å². The predicted molar refractivity (Wildman–Crippen MR) is 78.1 cm³/mol. The number of nitrogens with one attached hydrogen (secondary N) is 2. The van der Waals surface area contributed by atoms with E-state index >= 15 is 0 Å². The van der Waals surface area contributed by atoms with Gasteiger partial charge in [-0.05, 0) is 26.2 Å². The third-order valence-corrected chi connectivity index (χ3v) is 3.69. The van der Waals surface area contributed by atoms with Gasteiger partial charge in [0.05, 0.1) is 6.04 Å². The summed E-state index contributed by atoms with van der Waals surface area (Å²) in [6, 6.07) is -0.495. The summed E-state index contributed by atoms with van der Waals surface area (Å²) in [5.41, 5.74) is 0.00670. The van der Waals surface area contributed by atoms with Crippen molar-refractivity contribution in [3.63, 3.8) is 0 Å². The summed E-state index contributed by atoms with van der Waals surface area (Å²) >= 11 is 1.22. The number of amides is 2. The molecule has 0 aromatic carbocycles. The number of nitrogens with zero attached hydrogens (tertiary/aromatic N) is 1. The van der Waals surface area contributed by atoms with Gasteiger partial charge in [0, 0.05) is 11.4 Å². The Hall–Kier alpha value is -1.63. The van der Waals surface area contributed by atoms with E-state index in [0.717, 1.165) is 6.42 Å². The lowest BCUT2D eigenvalue weighted by atomic mass is 10.1. The first-order valence-corrected chi connectivity index (χ1v) is 7.43. The van der Waals surface area contributed by atoms with Crippen molar-refractivity contribution in [2.45, 2.75) is 46.2 Å². The molecule has 2 amide bonds. The van der Waals surface area contributed by atoms with Crippen LogP contribution in [-0.4, -0.2) is 28.1 Å². The summed E-state index contributed by atoms with van der Waals surface area (Å²) in [6.45, 7) is 7.93. The Kier molecular flexibility index (Phi) is 5.94. The third-order valence-electron chi connectivity index (χ3n) is 2.66. The molecule has 0 bridgehead atoms. The van der Waals surface area contributed by atoms with Gasteiger partial charge in [-0.3, -0.25) is 0 Å². The molecule has 0 spiro atoms. The van der Waals surface area contributed by atoms with Crippen LogP contribution in [-0.2, 0) is 0 Å². The zero-order valence-corrected chi connectivity index (χ0v) is 13.0. The van der Waals surface area contributed by atoms with Gasteiger partial charge in [-0.1, -0.05) is 13.8 Å². The van der Waals surface area contributed by atoms with Crippen molar-refractivity contribution in [1.82, 2.24) is 15.6 Å². The van der Waals surface area contributed by atoms with Crippen molar-refractivity contribution in [3.05, 3.63) is 16.1 Å². The van der Waals surface area contributed by atoms with Crippen molar-refractivity contribution in [3.8, 4) is 0 Å². The lowest BCUT2D eigenvalue weighted by Gasteiger charge is -2.18. The van der Waals surface area contributed by atoms with Crippen LogP contribution in [0, 0.1) is 5.92 Å². The average Bonchev–Trinajstić information content (AvgIpc) is 2.76. The number of thiazole rings is 1. The Morgan fingerprint density at radius 3 is 2.45 bits per heavy atom. The molecular formula is C13H21N3O3S. The number of carbonyl (C=O) groups excluding carboxylic acids is 1.